The fourth-order valence-electron chi connectivity index (χ4n) is 6.55. The maximum atomic E-state index is 12.0. The third-order valence-electron chi connectivity index (χ3n) is 10.5. The number of hydrogen-bond acceptors (Lipinski definition) is 4. The molecule has 0 radical (unpaired) electrons. The van der Waals surface area contributed by atoms with Gasteiger partial charge in [0.05, 0.1) is 13.2 Å². The summed E-state index contributed by atoms with van der Waals surface area (Å²) in [6, 6.07) is 0. The zero-order valence-corrected chi connectivity index (χ0v) is 33.5. The number of unbranched alkanes of at least 4 members (excludes halogenated alkanes) is 28. The van der Waals surface area contributed by atoms with Crippen LogP contribution in [0.25, 0.3) is 0 Å². The van der Waals surface area contributed by atoms with Crippen LogP contribution in [-0.2, 0) is 18.8 Å². The summed E-state index contributed by atoms with van der Waals surface area (Å²) in [6.45, 7) is 9.86. The van der Waals surface area contributed by atoms with Crippen LogP contribution in [0.5, 0.6) is 0 Å². The van der Waals surface area contributed by atoms with Gasteiger partial charge in [0.2, 0.25) is 0 Å². The van der Waals surface area contributed by atoms with Crippen molar-refractivity contribution in [2.45, 2.75) is 246 Å². The van der Waals surface area contributed by atoms with Crippen LogP contribution in [0.2, 0.25) is 0 Å². The van der Waals surface area contributed by atoms with Crippen LogP contribution in [0, 0.1) is 11.8 Å². The van der Waals surface area contributed by atoms with Gasteiger partial charge in [-0.25, -0.2) is 8.37 Å². The highest BCUT2D eigenvalue weighted by molar-refractivity contribution is 7.81. The monoisotopic (exact) mass is 687 g/mol. The van der Waals surface area contributed by atoms with Crippen molar-refractivity contribution in [2.24, 2.45) is 11.8 Å². The summed E-state index contributed by atoms with van der Waals surface area (Å²) in [5, 5.41) is 0. The molecule has 0 saturated carbocycles. The molecular weight excluding hydrogens is 601 g/mol. The van der Waals surface area contributed by atoms with Crippen molar-refractivity contribution in [3.05, 3.63) is 0 Å². The molecule has 0 amide bonds. The first-order chi connectivity index (χ1) is 22.9. The second-order valence-corrected chi connectivity index (χ2v) is 16.6. The molecule has 47 heavy (non-hydrogen) atoms. The minimum atomic E-state index is -3.83. The van der Waals surface area contributed by atoms with E-state index in [1.807, 2.05) is 0 Å². The van der Waals surface area contributed by atoms with Crippen molar-refractivity contribution >= 4 is 10.4 Å². The van der Waals surface area contributed by atoms with Crippen LogP contribution in [0.15, 0.2) is 0 Å². The molecule has 0 rings (SSSR count). The first-order valence-electron chi connectivity index (χ1n) is 21.4. The van der Waals surface area contributed by atoms with Crippen molar-refractivity contribution in [2.75, 3.05) is 13.2 Å². The lowest BCUT2D eigenvalue weighted by Crippen LogP contribution is -2.12. The highest BCUT2D eigenvalue weighted by atomic mass is 32.3. The lowest BCUT2D eigenvalue weighted by atomic mass is 9.99. The molecule has 0 aliphatic carbocycles. The fourth-order valence-corrected chi connectivity index (χ4v) is 7.26. The normalized spacial score (nSPS) is 13.4. The summed E-state index contributed by atoms with van der Waals surface area (Å²) >= 11 is 0. The van der Waals surface area contributed by atoms with Gasteiger partial charge in [0, 0.05) is 0 Å². The smallest absolute Gasteiger partial charge is 0.248 e. The molecule has 0 aromatic rings. The topological polar surface area (TPSA) is 52.6 Å². The van der Waals surface area contributed by atoms with Gasteiger partial charge in [-0.3, -0.25) is 0 Å². The molecular formula is C42H86O4S. The van der Waals surface area contributed by atoms with Crippen molar-refractivity contribution in [1.82, 2.24) is 0 Å². The SMILES string of the molecule is CCC(C)CCCCCCCCCCCCCCCCCOS(=O)(=O)OCCCCCCCCCCCCCCCCCC(C)CC. The van der Waals surface area contributed by atoms with Crippen LogP contribution < -0.4 is 0 Å². The molecule has 0 N–H and O–H groups in total. The van der Waals surface area contributed by atoms with E-state index < -0.39 is 10.4 Å². The molecule has 2 unspecified atom stereocenters. The zero-order chi connectivity index (χ0) is 34.5. The highest BCUT2D eigenvalue weighted by Gasteiger charge is 2.11. The van der Waals surface area contributed by atoms with E-state index in [2.05, 4.69) is 27.7 Å². The third kappa shape index (κ3) is 38.5. The summed E-state index contributed by atoms with van der Waals surface area (Å²) in [6.07, 6.45) is 44.7. The quantitative estimate of drug-likeness (QED) is 0.0602. The van der Waals surface area contributed by atoms with Crippen molar-refractivity contribution < 1.29 is 16.8 Å². The van der Waals surface area contributed by atoms with Crippen LogP contribution in [-0.4, -0.2) is 21.6 Å². The van der Waals surface area contributed by atoms with Gasteiger partial charge in [-0.05, 0) is 24.7 Å². The molecule has 284 valence electrons. The van der Waals surface area contributed by atoms with Gasteiger partial charge >= 0.3 is 10.4 Å². The number of rotatable bonds is 40. The molecule has 0 aromatic heterocycles. The predicted octanol–water partition coefficient (Wildman–Crippen LogP) is 14.8. The van der Waals surface area contributed by atoms with Crippen molar-refractivity contribution in [3.63, 3.8) is 0 Å². The Bertz CT molecular complexity index is 643. The summed E-state index contributed by atoms with van der Waals surface area (Å²) in [7, 11) is -3.83. The standard InChI is InChI=1S/C42H86O4S/c1-5-41(3)37-33-29-25-21-17-13-9-7-11-15-19-23-27-31-35-39-45-47(43,44)46-40-36-32-28-24-20-16-12-8-10-14-18-22-26-30-34-38-42(4)6-2/h41-42H,5-40H2,1-4H3. The van der Waals surface area contributed by atoms with Gasteiger partial charge in [0.1, 0.15) is 0 Å². The first kappa shape index (κ1) is 46.9. The summed E-state index contributed by atoms with van der Waals surface area (Å²) in [5.41, 5.74) is 0. The van der Waals surface area contributed by atoms with Gasteiger partial charge in [0.15, 0.2) is 0 Å². The Morgan fingerprint density at radius 1 is 0.340 bits per heavy atom. The van der Waals surface area contributed by atoms with E-state index in [0.717, 1.165) is 37.5 Å². The maximum Gasteiger partial charge on any atom is 0.399 e. The molecule has 0 fully saturated rings. The predicted molar refractivity (Wildman–Crippen MR) is 207 cm³/mol. The van der Waals surface area contributed by atoms with E-state index in [-0.39, 0.29) is 13.2 Å². The van der Waals surface area contributed by atoms with Crippen LogP contribution in [0.3, 0.4) is 0 Å². The lowest BCUT2D eigenvalue weighted by molar-refractivity contribution is 0.208. The minimum Gasteiger partial charge on any atom is -0.248 e. The Kier molecular flexibility index (Phi) is 37.0. The molecule has 0 spiro atoms. The van der Waals surface area contributed by atoms with Gasteiger partial charge in [-0.2, -0.15) is 8.42 Å². The molecule has 0 aliphatic heterocycles. The Morgan fingerprint density at radius 2 is 0.532 bits per heavy atom. The maximum absolute atomic E-state index is 12.0. The van der Waals surface area contributed by atoms with E-state index in [1.54, 1.807) is 0 Å². The van der Waals surface area contributed by atoms with Gasteiger partial charge in [0.25, 0.3) is 0 Å². The average Bonchev–Trinajstić information content (AvgIpc) is 3.06. The fraction of sp³-hybridized carbons (Fsp3) is 1.00. The molecule has 0 aromatic carbocycles. The second-order valence-electron chi connectivity index (χ2n) is 15.3. The van der Waals surface area contributed by atoms with Gasteiger partial charge in [-0.15, -0.1) is 0 Å². The van der Waals surface area contributed by atoms with Crippen LogP contribution in [0.1, 0.15) is 246 Å². The lowest BCUT2D eigenvalue weighted by Gasteiger charge is -2.07. The zero-order valence-electron chi connectivity index (χ0n) is 32.7. The van der Waals surface area contributed by atoms with Crippen molar-refractivity contribution in [1.29, 1.82) is 0 Å². The third-order valence-corrected chi connectivity index (χ3v) is 11.4. The molecule has 2 atom stereocenters. The van der Waals surface area contributed by atoms with E-state index in [0.29, 0.717) is 0 Å². The first-order valence-corrected chi connectivity index (χ1v) is 22.8. The molecule has 5 heteroatoms. The summed E-state index contributed by atoms with van der Waals surface area (Å²) in [4.78, 5) is 0. The van der Waals surface area contributed by atoms with Gasteiger partial charge < -0.3 is 0 Å². The Balaban J connectivity index is 3.28. The highest BCUT2D eigenvalue weighted by Crippen LogP contribution is 2.18. The number of hydrogen-bond donors (Lipinski definition) is 0. The Labute approximate surface area is 297 Å². The average molecular weight is 687 g/mol. The largest absolute Gasteiger partial charge is 0.399 e. The molecule has 0 aliphatic rings. The van der Waals surface area contributed by atoms with E-state index in [1.165, 1.54) is 193 Å². The van der Waals surface area contributed by atoms with Crippen LogP contribution >= 0.6 is 0 Å². The Morgan fingerprint density at radius 3 is 0.745 bits per heavy atom. The molecule has 4 nitrogen and oxygen atoms in total. The molecule has 0 heterocycles. The van der Waals surface area contributed by atoms with E-state index in [9.17, 15) is 8.42 Å². The summed E-state index contributed by atoms with van der Waals surface area (Å²) in [5.74, 6) is 1.83. The minimum absolute atomic E-state index is 0.249. The van der Waals surface area contributed by atoms with Crippen LogP contribution in [0.4, 0.5) is 0 Å². The Hall–Kier alpha value is -0.130. The van der Waals surface area contributed by atoms with E-state index >= 15 is 0 Å². The molecule has 0 bridgehead atoms. The summed E-state index contributed by atoms with van der Waals surface area (Å²) < 4.78 is 34.1. The van der Waals surface area contributed by atoms with Crippen molar-refractivity contribution in [3.8, 4) is 0 Å². The second kappa shape index (κ2) is 37.1. The van der Waals surface area contributed by atoms with E-state index in [4.69, 9.17) is 8.37 Å². The van der Waals surface area contributed by atoms with Gasteiger partial charge in [-0.1, -0.05) is 233 Å². The molecule has 0 saturated heterocycles.